The Morgan fingerprint density at radius 1 is 0.913 bits per heavy atom. The number of nitrogens with zero attached hydrogens (tertiary/aromatic N) is 1. The van der Waals surface area contributed by atoms with Crippen molar-refractivity contribution >= 4 is 11.6 Å². The largest absolute Gasteiger partial charge is 0.325 e. The average molecular weight is 302 g/mol. The average Bonchev–Trinajstić information content (AvgIpc) is 3.50. The molecule has 0 unspecified atom stereocenters. The van der Waals surface area contributed by atoms with Crippen LogP contribution in [-0.2, 0) is 15.6 Å². The van der Waals surface area contributed by atoms with E-state index in [4.69, 9.17) is 0 Å². The summed E-state index contributed by atoms with van der Waals surface area (Å²) in [7, 11) is 0. The minimum atomic E-state index is -0.357. The molecule has 0 bridgehead atoms. The highest BCUT2D eigenvalue weighted by Crippen LogP contribution is 2.49. The van der Waals surface area contributed by atoms with E-state index < -0.39 is 0 Å². The summed E-state index contributed by atoms with van der Waals surface area (Å²) in [5, 5.41) is 12.3. The first kappa shape index (κ1) is 14.0. The molecule has 2 aromatic rings. The zero-order chi connectivity index (χ0) is 15.9. The van der Waals surface area contributed by atoms with Gasteiger partial charge in [-0.25, -0.2) is 0 Å². The Balaban J connectivity index is 1.51. The van der Waals surface area contributed by atoms with E-state index in [1.807, 2.05) is 54.6 Å². The summed E-state index contributed by atoms with van der Waals surface area (Å²) in [6.07, 6.45) is 3.68. The first-order valence-electron chi connectivity index (χ1n) is 8.07. The molecular weight excluding hydrogens is 284 g/mol. The number of rotatable bonds is 4. The van der Waals surface area contributed by atoms with Crippen molar-refractivity contribution < 1.29 is 4.79 Å². The van der Waals surface area contributed by atoms with Crippen LogP contribution in [0.15, 0.2) is 54.6 Å². The van der Waals surface area contributed by atoms with Gasteiger partial charge < -0.3 is 5.32 Å². The maximum Gasteiger partial charge on any atom is 0.235 e. The van der Waals surface area contributed by atoms with E-state index in [0.717, 1.165) is 42.5 Å². The van der Waals surface area contributed by atoms with E-state index in [-0.39, 0.29) is 16.7 Å². The molecule has 0 atom stereocenters. The summed E-state index contributed by atoms with van der Waals surface area (Å²) in [4.78, 5) is 12.7. The van der Waals surface area contributed by atoms with Crippen LogP contribution in [0.4, 0.5) is 5.69 Å². The van der Waals surface area contributed by atoms with E-state index in [2.05, 4.69) is 11.4 Å². The molecule has 2 aromatic carbocycles. The molecule has 2 saturated carbocycles. The Kier molecular flexibility index (Phi) is 3.02. The van der Waals surface area contributed by atoms with Gasteiger partial charge in [-0.3, -0.25) is 4.79 Å². The summed E-state index contributed by atoms with van der Waals surface area (Å²) in [5.41, 5.74) is 2.32. The topological polar surface area (TPSA) is 52.9 Å². The van der Waals surface area contributed by atoms with Crippen LogP contribution in [0.3, 0.4) is 0 Å². The number of carbonyl (C=O) groups excluding carboxylic acids is 1. The van der Waals surface area contributed by atoms with Crippen molar-refractivity contribution in [2.45, 2.75) is 36.5 Å². The number of anilines is 1. The zero-order valence-electron chi connectivity index (χ0n) is 12.9. The van der Waals surface area contributed by atoms with Crippen LogP contribution in [-0.4, -0.2) is 5.91 Å². The third kappa shape index (κ3) is 2.31. The van der Waals surface area contributed by atoms with E-state index in [1.165, 1.54) is 0 Å². The number of benzene rings is 2. The van der Waals surface area contributed by atoms with Gasteiger partial charge in [-0.15, -0.1) is 0 Å². The Morgan fingerprint density at radius 3 is 2.09 bits per heavy atom. The summed E-state index contributed by atoms with van der Waals surface area (Å²) in [5.74, 6) is 0.0675. The minimum absolute atomic E-state index is 0.0675. The lowest BCUT2D eigenvalue weighted by atomic mass is 9.94. The minimum Gasteiger partial charge on any atom is -0.325 e. The van der Waals surface area contributed by atoms with Crippen molar-refractivity contribution in [3.63, 3.8) is 0 Å². The van der Waals surface area contributed by atoms with Crippen molar-refractivity contribution in [2.75, 3.05) is 5.32 Å². The molecule has 4 rings (SSSR count). The highest BCUT2D eigenvalue weighted by molar-refractivity contribution is 6.01. The number of amides is 1. The van der Waals surface area contributed by atoms with Gasteiger partial charge in [-0.2, -0.15) is 5.26 Å². The van der Waals surface area contributed by atoms with Gasteiger partial charge in [0.05, 0.1) is 16.9 Å². The maximum atomic E-state index is 12.7. The second kappa shape index (κ2) is 4.96. The van der Waals surface area contributed by atoms with Crippen molar-refractivity contribution in [1.29, 1.82) is 5.26 Å². The van der Waals surface area contributed by atoms with Crippen LogP contribution in [0, 0.1) is 11.3 Å². The summed E-state index contributed by atoms with van der Waals surface area (Å²) >= 11 is 0. The molecule has 0 aliphatic heterocycles. The van der Waals surface area contributed by atoms with Crippen LogP contribution in [0.2, 0.25) is 0 Å². The zero-order valence-corrected chi connectivity index (χ0v) is 12.9. The molecule has 0 saturated heterocycles. The van der Waals surface area contributed by atoms with Crippen LogP contribution in [0.25, 0.3) is 0 Å². The van der Waals surface area contributed by atoms with Gasteiger partial charge in [0.2, 0.25) is 5.91 Å². The highest BCUT2D eigenvalue weighted by atomic mass is 16.2. The fraction of sp³-hybridized carbons (Fsp3) is 0.300. The van der Waals surface area contributed by atoms with Crippen molar-refractivity contribution in [3.05, 3.63) is 65.7 Å². The standard InChI is InChI=1S/C20H18N2O/c21-14-19(10-11-19)15-6-8-17(9-7-15)22-18(23)20(12-13-20)16-4-2-1-3-5-16/h1-9H,10-13H2,(H,22,23). The van der Waals surface area contributed by atoms with Crippen LogP contribution < -0.4 is 5.32 Å². The van der Waals surface area contributed by atoms with Crippen LogP contribution in [0.5, 0.6) is 0 Å². The number of nitriles is 1. The fourth-order valence-corrected chi connectivity index (χ4v) is 3.24. The molecule has 3 heteroatoms. The molecule has 3 nitrogen and oxygen atoms in total. The lowest BCUT2D eigenvalue weighted by Crippen LogP contribution is -2.27. The van der Waals surface area contributed by atoms with Crippen molar-refractivity contribution in [3.8, 4) is 6.07 Å². The molecule has 1 N–H and O–H groups in total. The van der Waals surface area contributed by atoms with Crippen molar-refractivity contribution in [1.82, 2.24) is 0 Å². The van der Waals surface area contributed by atoms with Gasteiger partial charge in [-0.05, 0) is 48.9 Å². The predicted octanol–water partition coefficient (Wildman–Crippen LogP) is 3.91. The quantitative estimate of drug-likeness (QED) is 0.931. The number of hydrogen-bond donors (Lipinski definition) is 1. The van der Waals surface area contributed by atoms with E-state index in [1.54, 1.807) is 0 Å². The van der Waals surface area contributed by atoms with E-state index >= 15 is 0 Å². The Bertz CT molecular complexity index is 779. The SMILES string of the molecule is N#CC1(c2ccc(NC(=O)C3(c4ccccc4)CC3)cc2)CC1. The first-order chi connectivity index (χ1) is 11.2. The Morgan fingerprint density at radius 2 is 1.57 bits per heavy atom. The van der Waals surface area contributed by atoms with E-state index in [0.29, 0.717) is 0 Å². The van der Waals surface area contributed by atoms with Gasteiger partial charge in [0.25, 0.3) is 0 Å². The number of nitrogens with one attached hydrogen (secondary N) is 1. The van der Waals surface area contributed by atoms with Gasteiger partial charge in [0.15, 0.2) is 0 Å². The summed E-state index contributed by atoms with van der Waals surface area (Å²) in [6, 6.07) is 20.1. The van der Waals surface area contributed by atoms with Gasteiger partial charge >= 0.3 is 0 Å². The van der Waals surface area contributed by atoms with Gasteiger partial charge in [0, 0.05) is 5.69 Å². The highest BCUT2D eigenvalue weighted by Gasteiger charge is 2.51. The molecule has 2 aliphatic carbocycles. The van der Waals surface area contributed by atoms with Crippen LogP contribution in [0.1, 0.15) is 36.8 Å². The second-order valence-corrected chi connectivity index (χ2v) is 6.67. The van der Waals surface area contributed by atoms with Gasteiger partial charge in [0.1, 0.15) is 0 Å². The van der Waals surface area contributed by atoms with Crippen molar-refractivity contribution in [2.24, 2.45) is 0 Å². The smallest absolute Gasteiger partial charge is 0.235 e. The monoisotopic (exact) mass is 302 g/mol. The maximum absolute atomic E-state index is 12.7. The number of carbonyl (C=O) groups is 1. The molecule has 1 amide bonds. The molecule has 2 fully saturated rings. The Hall–Kier alpha value is -2.60. The number of hydrogen-bond acceptors (Lipinski definition) is 2. The predicted molar refractivity (Wildman–Crippen MR) is 89.0 cm³/mol. The van der Waals surface area contributed by atoms with E-state index in [9.17, 15) is 10.1 Å². The molecule has 0 radical (unpaired) electrons. The van der Waals surface area contributed by atoms with Crippen LogP contribution >= 0.6 is 0 Å². The molecule has 0 aromatic heterocycles. The molecule has 0 heterocycles. The first-order valence-corrected chi connectivity index (χ1v) is 8.07. The molecule has 114 valence electrons. The molecule has 2 aliphatic rings. The third-order valence-corrected chi connectivity index (χ3v) is 5.17. The third-order valence-electron chi connectivity index (χ3n) is 5.17. The lowest BCUT2D eigenvalue weighted by Gasteiger charge is -2.16. The molecule has 23 heavy (non-hydrogen) atoms. The Labute approximate surface area is 136 Å². The molecular formula is C20H18N2O. The molecule has 0 spiro atoms. The summed E-state index contributed by atoms with van der Waals surface area (Å²) < 4.78 is 0. The fourth-order valence-electron chi connectivity index (χ4n) is 3.24. The summed E-state index contributed by atoms with van der Waals surface area (Å²) in [6.45, 7) is 0. The van der Waals surface area contributed by atoms with Gasteiger partial charge in [-0.1, -0.05) is 42.5 Å². The second-order valence-electron chi connectivity index (χ2n) is 6.67. The normalized spacial score (nSPS) is 19.4. The lowest BCUT2D eigenvalue weighted by molar-refractivity contribution is -0.118.